The first kappa shape index (κ1) is 11.0. The van der Waals surface area contributed by atoms with E-state index in [0.717, 1.165) is 45.2 Å². The molecule has 0 aromatic carbocycles. The van der Waals surface area contributed by atoms with Crippen molar-refractivity contribution in [1.82, 2.24) is 10.6 Å². The second kappa shape index (κ2) is 6.40. The lowest BCUT2D eigenvalue weighted by Crippen LogP contribution is -2.21. The van der Waals surface area contributed by atoms with Crippen LogP contribution in [0.4, 0.5) is 0 Å². The summed E-state index contributed by atoms with van der Waals surface area (Å²) in [5.41, 5.74) is 0. The average Bonchev–Trinajstić information content (AvgIpc) is 2.51. The Kier molecular flexibility index (Phi) is 5.04. The molecule has 0 unspecified atom stereocenters. The highest BCUT2D eigenvalue weighted by molar-refractivity contribution is 5.77. The molecule has 0 radical (unpaired) electrons. The summed E-state index contributed by atoms with van der Waals surface area (Å²) in [7, 11) is 0. The van der Waals surface area contributed by atoms with Crippen molar-refractivity contribution in [3.05, 3.63) is 0 Å². The normalized spacial score (nSPS) is 21.4. The van der Waals surface area contributed by atoms with Crippen LogP contribution in [0.1, 0.15) is 38.5 Å². The summed E-state index contributed by atoms with van der Waals surface area (Å²) >= 11 is 0. The van der Waals surface area contributed by atoms with E-state index in [1.165, 1.54) is 6.42 Å². The molecule has 0 aliphatic carbocycles. The van der Waals surface area contributed by atoms with Gasteiger partial charge in [0.1, 0.15) is 0 Å². The molecule has 0 spiro atoms. The Hall–Kier alpha value is -1.06. The van der Waals surface area contributed by atoms with E-state index in [0.29, 0.717) is 0 Å². The summed E-state index contributed by atoms with van der Waals surface area (Å²) < 4.78 is 0. The second-order valence-electron chi connectivity index (χ2n) is 3.61. The summed E-state index contributed by atoms with van der Waals surface area (Å²) in [6.45, 7) is 1.78. The highest BCUT2D eigenvalue weighted by atomic mass is 16.2. The SMILES string of the molecule is O=C1CCCCCN1.O=C1CCCN1. The van der Waals surface area contributed by atoms with Crippen molar-refractivity contribution in [1.29, 1.82) is 0 Å². The molecule has 2 heterocycles. The minimum Gasteiger partial charge on any atom is -0.356 e. The van der Waals surface area contributed by atoms with Gasteiger partial charge in [-0.15, -0.1) is 0 Å². The summed E-state index contributed by atoms with van der Waals surface area (Å²) in [6, 6.07) is 0. The zero-order valence-corrected chi connectivity index (χ0v) is 8.47. The van der Waals surface area contributed by atoms with Crippen molar-refractivity contribution in [2.75, 3.05) is 13.1 Å². The van der Waals surface area contributed by atoms with E-state index in [9.17, 15) is 9.59 Å². The van der Waals surface area contributed by atoms with Crippen molar-refractivity contribution in [3.8, 4) is 0 Å². The zero-order valence-electron chi connectivity index (χ0n) is 8.47. The van der Waals surface area contributed by atoms with E-state index in [4.69, 9.17) is 0 Å². The molecule has 0 bridgehead atoms. The first-order valence-corrected chi connectivity index (χ1v) is 5.32. The maximum atomic E-state index is 10.6. The van der Waals surface area contributed by atoms with Gasteiger partial charge in [-0.3, -0.25) is 9.59 Å². The van der Waals surface area contributed by atoms with Gasteiger partial charge in [-0.1, -0.05) is 6.42 Å². The Balaban J connectivity index is 0.000000146. The predicted octanol–water partition coefficient (Wildman–Crippen LogP) is 0.573. The van der Waals surface area contributed by atoms with Crippen molar-refractivity contribution >= 4 is 11.8 Å². The fraction of sp³-hybridized carbons (Fsp3) is 0.800. The van der Waals surface area contributed by atoms with Gasteiger partial charge in [0.25, 0.3) is 0 Å². The van der Waals surface area contributed by atoms with Gasteiger partial charge in [0.15, 0.2) is 0 Å². The monoisotopic (exact) mass is 198 g/mol. The first-order chi connectivity index (χ1) is 6.79. The van der Waals surface area contributed by atoms with Crippen LogP contribution in [0, 0.1) is 0 Å². The van der Waals surface area contributed by atoms with Gasteiger partial charge in [-0.25, -0.2) is 0 Å². The molecule has 0 saturated carbocycles. The van der Waals surface area contributed by atoms with E-state index in [1.54, 1.807) is 0 Å². The van der Waals surface area contributed by atoms with Crippen LogP contribution in [0.15, 0.2) is 0 Å². The Bertz CT molecular complexity index is 186. The van der Waals surface area contributed by atoms with Crippen molar-refractivity contribution in [2.45, 2.75) is 38.5 Å². The second-order valence-corrected chi connectivity index (χ2v) is 3.61. The number of carbonyl (C=O) groups is 2. The minimum atomic E-state index is 0.204. The van der Waals surface area contributed by atoms with Gasteiger partial charge in [0.05, 0.1) is 0 Å². The molecule has 4 heteroatoms. The molecular weight excluding hydrogens is 180 g/mol. The molecular formula is C10H18N2O2. The van der Waals surface area contributed by atoms with Crippen LogP contribution in [0.5, 0.6) is 0 Å². The molecule has 2 amide bonds. The van der Waals surface area contributed by atoms with E-state index < -0.39 is 0 Å². The van der Waals surface area contributed by atoms with Gasteiger partial charge >= 0.3 is 0 Å². The number of nitrogens with one attached hydrogen (secondary N) is 2. The molecule has 0 aromatic rings. The van der Waals surface area contributed by atoms with Crippen molar-refractivity contribution < 1.29 is 9.59 Å². The molecule has 2 rings (SSSR count). The van der Waals surface area contributed by atoms with Gasteiger partial charge in [0, 0.05) is 25.9 Å². The highest BCUT2D eigenvalue weighted by Crippen LogP contribution is 2.02. The zero-order chi connectivity index (χ0) is 10.2. The predicted molar refractivity (Wildman–Crippen MR) is 53.7 cm³/mol. The fourth-order valence-electron chi connectivity index (χ4n) is 1.47. The quantitative estimate of drug-likeness (QED) is 0.598. The van der Waals surface area contributed by atoms with Gasteiger partial charge in [-0.05, 0) is 19.3 Å². The lowest BCUT2D eigenvalue weighted by atomic mass is 10.2. The summed E-state index contributed by atoms with van der Waals surface area (Å²) in [6.07, 6.45) is 5.94. The molecule has 80 valence electrons. The third-order valence-electron chi connectivity index (χ3n) is 2.31. The van der Waals surface area contributed by atoms with Gasteiger partial charge in [0.2, 0.25) is 11.8 Å². The van der Waals surface area contributed by atoms with Crippen LogP contribution in [-0.4, -0.2) is 24.9 Å². The number of amides is 2. The lowest BCUT2D eigenvalue weighted by Gasteiger charge is -1.93. The Labute approximate surface area is 84.4 Å². The maximum Gasteiger partial charge on any atom is 0.220 e. The standard InChI is InChI=1S/C6H11NO.C4H7NO/c8-6-4-2-1-3-5-7-6;6-4-2-1-3-5-4/h1-5H2,(H,7,8);1-3H2,(H,5,6). The van der Waals surface area contributed by atoms with Crippen molar-refractivity contribution in [3.63, 3.8) is 0 Å². The molecule has 2 saturated heterocycles. The molecule has 2 aliphatic rings. The number of hydrogen-bond donors (Lipinski definition) is 2. The number of hydrogen-bond acceptors (Lipinski definition) is 2. The summed E-state index contributed by atoms with van der Waals surface area (Å²) in [5.74, 6) is 0.428. The van der Waals surface area contributed by atoms with Gasteiger partial charge < -0.3 is 10.6 Å². The van der Waals surface area contributed by atoms with E-state index >= 15 is 0 Å². The third kappa shape index (κ3) is 4.84. The minimum absolute atomic E-state index is 0.204. The van der Waals surface area contributed by atoms with Crippen molar-refractivity contribution in [2.24, 2.45) is 0 Å². The van der Waals surface area contributed by atoms with Crippen LogP contribution in [0.3, 0.4) is 0 Å². The number of rotatable bonds is 0. The van der Waals surface area contributed by atoms with E-state index in [1.807, 2.05) is 0 Å². The molecule has 2 fully saturated rings. The van der Waals surface area contributed by atoms with E-state index in [-0.39, 0.29) is 11.8 Å². The third-order valence-corrected chi connectivity index (χ3v) is 2.31. The van der Waals surface area contributed by atoms with Crippen LogP contribution < -0.4 is 10.6 Å². The largest absolute Gasteiger partial charge is 0.356 e. The first-order valence-electron chi connectivity index (χ1n) is 5.32. The highest BCUT2D eigenvalue weighted by Gasteiger charge is 2.05. The molecule has 0 atom stereocenters. The van der Waals surface area contributed by atoms with Crippen LogP contribution >= 0.6 is 0 Å². The smallest absolute Gasteiger partial charge is 0.220 e. The fourth-order valence-corrected chi connectivity index (χ4v) is 1.47. The Morgan fingerprint density at radius 2 is 1.29 bits per heavy atom. The Morgan fingerprint density at radius 1 is 0.714 bits per heavy atom. The number of carbonyl (C=O) groups excluding carboxylic acids is 2. The molecule has 0 aromatic heterocycles. The Morgan fingerprint density at radius 3 is 1.86 bits per heavy atom. The van der Waals surface area contributed by atoms with Crippen LogP contribution in [0.25, 0.3) is 0 Å². The molecule has 14 heavy (non-hydrogen) atoms. The topological polar surface area (TPSA) is 58.2 Å². The van der Waals surface area contributed by atoms with E-state index in [2.05, 4.69) is 10.6 Å². The molecule has 4 nitrogen and oxygen atoms in total. The maximum absolute atomic E-state index is 10.6. The van der Waals surface area contributed by atoms with Crippen LogP contribution in [-0.2, 0) is 9.59 Å². The average molecular weight is 198 g/mol. The van der Waals surface area contributed by atoms with Crippen LogP contribution in [0.2, 0.25) is 0 Å². The summed E-state index contributed by atoms with van der Waals surface area (Å²) in [5, 5.41) is 5.49. The molecule has 2 aliphatic heterocycles. The summed E-state index contributed by atoms with van der Waals surface area (Å²) in [4.78, 5) is 20.7. The molecule has 2 N–H and O–H groups in total. The van der Waals surface area contributed by atoms with Gasteiger partial charge in [-0.2, -0.15) is 0 Å². The lowest BCUT2D eigenvalue weighted by molar-refractivity contribution is -0.121.